The fourth-order valence-corrected chi connectivity index (χ4v) is 3.32. The minimum Gasteiger partial charge on any atom is -0.497 e. The molecular weight excluding hydrogens is 336 g/mol. The quantitative estimate of drug-likeness (QED) is 0.793. The fourth-order valence-electron chi connectivity index (χ4n) is 3.06. The van der Waals surface area contributed by atoms with Gasteiger partial charge in [-0.3, -0.25) is 4.57 Å². The van der Waals surface area contributed by atoms with Crippen molar-refractivity contribution in [3.05, 3.63) is 29.0 Å². The van der Waals surface area contributed by atoms with Gasteiger partial charge in [0, 0.05) is 12.1 Å². The van der Waals surface area contributed by atoms with Crippen LogP contribution in [-0.2, 0) is 18.0 Å². The Kier molecular flexibility index (Phi) is 5.88. The van der Waals surface area contributed by atoms with E-state index in [1.165, 1.54) is 4.90 Å². The number of hydrogen-bond acceptors (Lipinski definition) is 4. The Morgan fingerprint density at radius 1 is 1.24 bits per heavy atom. The summed E-state index contributed by atoms with van der Waals surface area (Å²) in [6, 6.07) is 8.01. The molecule has 2 heterocycles. The minimum atomic E-state index is 0.497. The lowest BCUT2D eigenvalue weighted by Crippen LogP contribution is -3.13. The normalized spacial score (nSPS) is 15.7. The van der Waals surface area contributed by atoms with E-state index in [-0.39, 0.29) is 0 Å². The van der Waals surface area contributed by atoms with Gasteiger partial charge in [0.2, 0.25) is 4.77 Å². The van der Waals surface area contributed by atoms with E-state index in [1.54, 1.807) is 7.11 Å². The van der Waals surface area contributed by atoms with E-state index in [4.69, 9.17) is 26.8 Å². The first-order valence-corrected chi connectivity index (χ1v) is 9.22. The molecule has 6 nitrogen and oxygen atoms in total. The summed E-state index contributed by atoms with van der Waals surface area (Å²) < 4.78 is 15.6. The van der Waals surface area contributed by atoms with E-state index in [0.717, 1.165) is 61.4 Å². The van der Waals surface area contributed by atoms with E-state index in [0.29, 0.717) is 5.92 Å². The van der Waals surface area contributed by atoms with Crippen molar-refractivity contribution in [2.45, 2.75) is 27.1 Å². The number of methoxy groups -OCH3 is 1. The SMILES string of the molecule is COc1ccc(-c2nn(C[NH+]3CCOCC3)c(=S)n2CC(C)C)cc1. The lowest BCUT2D eigenvalue weighted by Gasteiger charge is -2.23. The number of nitrogens with one attached hydrogen (secondary N) is 1. The first kappa shape index (κ1) is 18.1. The topological polar surface area (TPSA) is 45.6 Å². The van der Waals surface area contributed by atoms with Gasteiger partial charge in [0.15, 0.2) is 12.5 Å². The number of quaternary nitrogens is 1. The molecule has 0 atom stereocenters. The molecule has 136 valence electrons. The van der Waals surface area contributed by atoms with Crippen molar-refractivity contribution in [2.75, 3.05) is 33.4 Å². The molecule has 1 aromatic heterocycles. The van der Waals surface area contributed by atoms with Gasteiger partial charge in [0.1, 0.15) is 18.8 Å². The minimum absolute atomic E-state index is 0.497. The van der Waals surface area contributed by atoms with Crippen LogP contribution in [0.2, 0.25) is 0 Å². The predicted molar refractivity (Wildman–Crippen MR) is 99.4 cm³/mol. The van der Waals surface area contributed by atoms with Gasteiger partial charge in [-0.2, -0.15) is 4.68 Å². The highest BCUT2D eigenvalue weighted by Crippen LogP contribution is 2.22. The van der Waals surface area contributed by atoms with Crippen LogP contribution in [0.15, 0.2) is 24.3 Å². The molecule has 0 unspecified atom stereocenters. The molecule has 1 aliphatic heterocycles. The molecule has 1 aliphatic rings. The molecule has 25 heavy (non-hydrogen) atoms. The number of nitrogens with zero attached hydrogens (tertiary/aromatic N) is 3. The molecule has 0 saturated carbocycles. The third kappa shape index (κ3) is 4.29. The average Bonchev–Trinajstić information content (AvgIpc) is 2.92. The van der Waals surface area contributed by atoms with Crippen molar-refractivity contribution in [2.24, 2.45) is 5.92 Å². The second-order valence-corrected chi connectivity index (χ2v) is 7.22. The zero-order chi connectivity index (χ0) is 17.8. The maximum absolute atomic E-state index is 5.74. The van der Waals surface area contributed by atoms with E-state index >= 15 is 0 Å². The number of morpholine rings is 1. The first-order chi connectivity index (χ1) is 12.1. The summed E-state index contributed by atoms with van der Waals surface area (Å²) in [5, 5.41) is 4.86. The number of hydrogen-bond donors (Lipinski definition) is 1. The van der Waals surface area contributed by atoms with Crippen molar-refractivity contribution in [3.63, 3.8) is 0 Å². The summed E-state index contributed by atoms with van der Waals surface area (Å²) >= 11 is 5.74. The van der Waals surface area contributed by atoms with Gasteiger partial charge < -0.3 is 14.4 Å². The third-order valence-corrected chi connectivity index (χ3v) is 4.82. The lowest BCUT2D eigenvalue weighted by molar-refractivity contribution is -0.930. The molecule has 3 rings (SSSR count). The first-order valence-electron chi connectivity index (χ1n) is 8.82. The second kappa shape index (κ2) is 8.12. The summed E-state index contributed by atoms with van der Waals surface area (Å²) in [5.41, 5.74) is 1.06. The predicted octanol–water partition coefficient (Wildman–Crippen LogP) is 1.62. The van der Waals surface area contributed by atoms with Gasteiger partial charge in [-0.1, -0.05) is 13.8 Å². The van der Waals surface area contributed by atoms with Crippen LogP contribution in [0.5, 0.6) is 5.75 Å². The maximum atomic E-state index is 5.74. The Bertz CT molecular complexity index is 745. The van der Waals surface area contributed by atoms with Gasteiger partial charge in [-0.05, 0) is 42.4 Å². The highest BCUT2D eigenvalue weighted by molar-refractivity contribution is 7.71. The Morgan fingerprint density at radius 2 is 1.92 bits per heavy atom. The van der Waals surface area contributed by atoms with Crippen LogP contribution < -0.4 is 9.64 Å². The van der Waals surface area contributed by atoms with Crippen LogP contribution in [0, 0.1) is 10.7 Å². The molecule has 7 heteroatoms. The van der Waals surface area contributed by atoms with E-state index < -0.39 is 0 Å². The third-order valence-electron chi connectivity index (χ3n) is 4.39. The summed E-state index contributed by atoms with van der Waals surface area (Å²) in [5.74, 6) is 2.26. The average molecular weight is 364 g/mol. The van der Waals surface area contributed by atoms with Crippen molar-refractivity contribution in [1.82, 2.24) is 14.3 Å². The molecule has 1 aromatic carbocycles. The van der Waals surface area contributed by atoms with Gasteiger partial charge in [-0.15, -0.1) is 5.10 Å². The van der Waals surface area contributed by atoms with Crippen LogP contribution in [0.25, 0.3) is 11.4 Å². The molecule has 0 radical (unpaired) electrons. The second-order valence-electron chi connectivity index (χ2n) is 6.86. The molecule has 2 aromatic rings. The molecule has 1 fully saturated rings. The zero-order valence-electron chi connectivity index (χ0n) is 15.2. The van der Waals surface area contributed by atoms with Gasteiger partial charge in [0.05, 0.1) is 20.3 Å². The molecule has 1 saturated heterocycles. The summed E-state index contributed by atoms with van der Waals surface area (Å²) in [4.78, 5) is 1.46. The highest BCUT2D eigenvalue weighted by Gasteiger charge is 2.19. The van der Waals surface area contributed by atoms with E-state index in [1.807, 2.05) is 28.9 Å². The largest absolute Gasteiger partial charge is 0.497 e. The Balaban J connectivity index is 1.94. The zero-order valence-corrected chi connectivity index (χ0v) is 16.0. The molecule has 0 amide bonds. The monoisotopic (exact) mass is 363 g/mol. The summed E-state index contributed by atoms with van der Waals surface area (Å²) in [6.45, 7) is 9.65. The van der Waals surface area contributed by atoms with Crippen LogP contribution in [-0.4, -0.2) is 47.8 Å². The van der Waals surface area contributed by atoms with E-state index in [9.17, 15) is 0 Å². The molecule has 0 spiro atoms. The number of rotatable bonds is 6. The fraction of sp³-hybridized carbons (Fsp3) is 0.556. The Labute approximate surface area is 154 Å². The summed E-state index contributed by atoms with van der Waals surface area (Å²) in [7, 11) is 1.68. The molecular formula is C18H27N4O2S+. The molecule has 0 aliphatic carbocycles. The Morgan fingerprint density at radius 3 is 2.52 bits per heavy atom. The maximum Gasteiger partial charge on any atom is 0.203 e. The number of benzene rings is 1. The van der Waals surface area contributed by atoms with E-state index in [2.05, 4.69) is 18.4 Å². The lowest BCUT2D eigenvalue weighted by atomic mass is 10.2. The Hall–Kier alpha value is -1.70. The van der Waals surface area contributed by atoms with Gasteiger partial charge in [0.25, 0.3) is 0 Å². The number of aromatic nitrogens is 3. The standard InChI is InChI=1S/C18H26N4O2S/c1-14(2)12-21-17(15-4-6-16(23-3)7-5-15)19-22(18(21)25)13-20-8-10-24-11-9-20/h4-7,14H,8-13H2,1-3H3/p+1. The van der Waals surface area contributed by atoms with Gasteiger partial charge >= 0.3 is 0 Å². The smallest absolute Gasteiger partial charge is 0.203 e. The van der Waals surface area contributed by atoms with Gasteiger partial charge in [-0.25, -0.2) is 0 Å². The number of ether oxygens (including phenoxy) is 2. The van der Waals surface area contributed by atoms with Crippen molar-refractivity contribution in [3.8, 4) is 17.1 Å². The van der Waals surface area contributed by atoms with Crippen molar-refractivity contribution >= 4 is 12.2 Å². The van der Waals surface area contributed by atoms with Crippen molar-refractivity contribution in [1.29, 1.82) is 0 Å². The van der Waals surface area contributed by atoms with Crippen LogP contribution in [0.1, 0.15) is 13.8 Å². The summed E-state index contributed by atoms with van der Waals surface area (Å²) in [6.07, 6.45) is 0. The van der Waals surface area contributed by atoms with Crippen LogP contribution in [0.4, 0.5) is 0 Å². The van der Waals surface area contributed by atoms with Crippen LogP contribution in [0.3, 0.4) is 0 Å². The molecule has 1 N–H and O–H groups in total. The van der Waals surface area contributed by atoms with Crippen molar-refractivity contribution < 1.29 is 14.4 Å². The molecule has 0 bridgehead atoms. The highest BCUT2D eigenvalue weighted by atomic mass is 32.1. The van der Waals surface area contributed by atoms with Crippen LogP contribution >= 0.6 is 12.2 Å².